The van der Waals surface area contributed by atoms with Gasteiger partial charge in [-0.3, -0.25) is 9.59 Å². The molecule has 0 saturated heterocycles. The molecule has 176 valence electrons. The van der Waals surface area contributed by atoms with Crippen molar-refractivity contribution in [1.82, 2.24) is 19.9 Å². The van der Waals surface area contributed by atoms with E-state index in [1.54, 1.807) is 12.4 Å². The van der Waals surface area contributed by atoms with Crippen molar-refractivity contribution >= 4 is 28.6 Å². The summed E-state index contributed by atoms with van der Waals surface area (Å²) in [5, 5.41) is 3.51. The SMILES string of the molecule is O=C(NCC1=NC(c2c[nH]c3ncccc23)=N1)c1cccn(Cc2ccc(C(F)(F)F)cc2)c1=O. The van der Waals surface area contributed by atoms with E-state index in [0.717, 1.165) is 28.7 Å². The molecule has 1 aliphatic rings. The largest absolute Gasteiger partial charge is 0.416 e. The molecule has 0 radical (unpaired) electrons. The Balaban J connectivity index is 1.23. The van der Waals surface area contributed by atoms with Gasteiger partial charge in [0.2, 0.25) is 0 Å². The van der Waals surface area contributed by atoms with Crippen LogP contribution in [0.4, 0.5) is 13.2 Å². The Bertz CT molecular complexity index is 1550. The molecular formula is C24H17F3N6O2. The second kappa shape index (κ2) is 8.67. The van der Waals surface area contributed by atoms with E-state index in [-0.39, 0.29) is 18.7 Å². The number of amides is 1. The Morgan fingerprint density at radius 2 is 1.83 bits per heavy atom. The molecule has 1 aromatic carbocycles. The second-order valence-electron chi connectivity index (χ2n) is 7.80. The predicted molar refractivity (Wildman–Crippen MR) is 124 cm³/mol. The van der Waals surface area contributed by atoms with E-state index in [9.17, 15) is 22.8 Å². The Labute approximate surface area is 195 Å². The van der Waals surface area contributed by atoms with E-state index in [0.29, 0.717) is 17.2 Å². The molecule has 0 bridgehead atoms. The maximum Gasteiger partial charge on any atom is 0.416 e. The van der Waals surface area contributed by atoms with Crippen LogP contribution in [0.5, 0.6) is 0 Å². The summed E-state index contributed by atoms with van der Waals surface area (Å²) >= 11 is 0. The monoisotopic (exact) mass is 478 g/mol. The third-order valence-corrected chi connectivity index (χ3v) is 5.47. The molecule has 0 spiro atoms. The topological polar surface area (TPSA) is 104 Å². The van der Waals surface area contributed by atoms with Crippen molar-refractivity contribution < 1.29 is 18.0 Å². The maximum absolute atomic E-state index is 12.8. The summed E-state index contributed by atoms with van der Waals surface area (Å²) in [4.78, 5) is 41.3. The van der Waals surface area contributed by atoms with Gasteiger partial charge in [-0.05, 0) is 42.0 Å². The van der Waals surface area contributed by atoms with Gasteiger partial charge in [-0.25, -0.2) is 15.0 Å². The number of nitrogens with one attached hydrogen (secondary N) is 2. The number of aromatic amines is 1. The molecule has 11 heteroatoms. The molecule has 0 saturated carbocycles. The number of aromatic nitrogens is 3. The Morgan fingerprint density at radius 3 is 2.57 bits per heavy atom. The van der Waals surface area contributed by atoms with Gasteiger partial charge in [0.1, 0.15) is 11.2 Å². The second-order valence-corrected chi connectivity index (χ2v) is 7.80. The molecule has 8 nitrogen and oxygen atoms in total. The Morgan fingerprint density at radius 1 is 1.06 bits per heavy atom. The fraction of sp³-hybridized carbons (Fsp3) is 0.125. The minimum atomic E-state index is -4.43. The zero-order chi connectivity index (χ0) is 24.6. The lowest BCUT2D eigenvalue weighted by molar-refractivity contribution is -0.137. The van der Waals surface area contributed by atoms with Crippen molar-refractivity contribution in [2.45, 2.75) is 12.7 Å². The normalized spacial score (nSPS) is 13.2. The summed E-state index contributed by atoms with van der Waals surface area (Å²) in [6.45, 7) is 0.0636. The van der Waals surface area contributed by atoms with Crippen molar-refractivity contribution in [2.24, 2.45) is 9.98 Å². The maximum atomic E-state index is 12.8. The number of hydrogen-bond acceptors (Lipinski definition) is 5. The number of hydrogen-bond donors (Lipinski definition) is 2. The third-order valence-electron chi connectivity index (χ3n) is 5.47. The summed E-state index contributed by atoms with van der Waals surface area (Å²) in [7, 11) is 0. The van der Waals surface area contributed by atoms with Gasteiger partial charge in [0.05, 0.1) is 18.7 Å². The van der Waals surface area contributed by atoms with Crippen molar-refractivity contribution in [1.29, 1.82) is 0 Å². The van der Waals surface area contributed by atoms with Crippen LogP contribution >= 0.6 is 0 Å². The Hall–Kier alpha value is -4.54. The predicted octanol–water partition coefficient (Wildman–Crippen LogP) is 3.38. The van der Waals surface area contributed by atoms with Crippen LogP contribution in [0, 0.1) is 0 Å². The van der Waals surface area contributed by atoms with Gasteiger partial charge < -0.3 is 14.9 Å². The lowest BCUT2D eigenvalue weighted by Crippen LogP contribution is -2.36. The van der Waals surface area contributed by atoms with Gasteiger partial charge in [-0.15, -0.1) is 0 Å². The van der Waals surface area contributed by atoms with Crippen molar-refractivity contribution in [3.8, 4) is 0 Å². The molecule has 2 N–H and O–H groups in total. The first-order chi connectivity index (χ1) is 16.8. The number of benzene rings is 1. The van der Waals surface area contributed by atoms with Crippen LogP contribution in [0.2, 0.25) is 0 Å². The summed E-state index contributed by atoms with van der Waals surface area (Å²) in [5.74, 6) is 0.333. The van der Waals surface area contributed by atoms with Crippen LogP contribution in [0.3, 0.4) is 0 Å². The minimum Gasteiger partial charge on any atom is -0.345 e. The lowest BCUT2D eigenvalue weighted by Gasteiger charge is -2.13. The number of aliphatic imine (C=N–C) groups is 2. The molecule has 0 unspecified atom stereocenters. The van der Waals surface area contributed by atoms with Crippen LogP contribution in [-0.4, -0.2) is 38.7 Å². The number of H-pyrrole nitrogens is 1. The quantitative estimate of drug-likeness (QED) is 0.444. The van der Waals surface area contributed by atoms with Gasteiger partial charge in [-0.1, -0.05) is 12.1 Å². The smallest absolute Gasteiger partial charge is 0.345 e. The van der Waals surface area contributed by atoms with E-state index in [4.69, 9.17) is 0 Å². The van der Waals surface area contributed by atoms with E-state index in [2.05, 4.69) is 25.3 Å². The number of alkyl halides is 3. The molecule has 0 aliphatic carbocycles. The Kier molecular flexibility index (Phi) is 5.51. The fourth-order valence-electron chi connectivity index (χ4n) is 3.67. The van der Waals surface area contributed by atoms with Gasteiger partial charge in [-0.2, -0.15) is 13.2 Å². The number of carbonyl (C=O) groups excluding carboxylic acids is 1. The first kappa shape index (κ1) is 22.3. The molecule has 3 aromatic heterocycles. The first-order valence-electron chi connectivity index (χ1n) is 10.5. The van der Waals surface area contributed by atoms with E-state index < -0.39 is 23.2 Å². The molecular weight excluding hydrogens is 461 g/mol. The minimum absolute atomic E-state index is 0.0257. The number of pyridine rings is 2. The van der Waals surface area contributed by atoms with E-state index >= 15 is 0 Å². The fourth-order valence-corrected chi connectivity index (χ4v) is 3.67. The van der Waals surface area contributed by atoms with Crippen LogP contribution < -0.4 is 10.9 Å². The van der Waals surface area contributed by atoms with Crippen LogP contribution in [-0.2, 0) is 12.7 Å². The van der Waals surface area contributed by atoms with Gasteiger partial charge in [0.15, 0.2) is 11.7 Å². The van der Waals surface area contributed by atoms with Crippen LogP contribution in [0.25, 0.3) is 11.0 Å². The molecule has 4 aromatic rings. The molecule has 4 heterocycles. The van der Waals surface area contributed by atoms with Crippen molar-refractivity contribution in [3.63, 3.8) is 0 Å². The van der Waals surface area contributed by atoms with Gasteiger partial charge in [0, 0.05) is 29.5 Å². The number of amidine groups is 2. The number of rotatable bonds is 6. The molecule has 35 heavy (non-hydrogen) atoms. The lowest BCUT2D eigenvalue weighted by atomic mass is 10.1. The molecule has 0 fully saturated rings. The van der Waals surface area contributed by atoms with Crippen molar-refractivity contribution in [3.05, 3.63) is 99.7 Å². The summed E-state index contributed by atoms with van der Waals surface area (Å²) in [5.41, 5.74) is 0.599. The molecule has 1 aliphatic heterocycles. The number of carbonyl (C=O) groups is 1. The number of halogens is 3. The van der Waals surface area contributed by atoms with Gasteiger partial charge >= 0.3 is 6.18 Å². The molecule has 5 rings (SSSR count). The number of nitrogens with zero attached hydrogens (tertiary/aromatic N) is 4. The molecule has 0 atom stereocenters. The first-order valence-corrected chi connectivity index (χ1v) is 10.5. The highest BCUT2D eigenvalue weighted by molar-refractivity contribution is 6.23. The highest BCUT2D eigenvalue weighted by atomic mass is 19.4. The average molecular weight is 478 g/mol. The highest BCUT2D eigenvalue weighted by Gasteiger charge is 2.30. The van der Waals surface area contributed by atoms with E-state index in [1.165, 1.54) is 35.0 Å². The summed E-state index contributed by atoms with van der Waals surface area (Å²) < 4.78 is 39.5. The van der Waals surface area contributed by atoms with E-state index in [1.807, 2.05) is 12.1 Å². The highest BCUT2D eigenvalue weighted by Crippen LogP contribution is 2.29. The standard InChI is InChI=1S/C24H17F3N6O2/c25-24(26,27)15-7-5-14(6-8-15)13-33-10-2-4-17(23(33)35)22(34)30-12-19-31-21(32-19)18-11-29-20-16(18)3-1-9-28-20/h1-11H,12-13H2,(H,28,29)(H,30,34). The zero-order valence-corrected chi connectivity index (χ0v) is 18.0. The van der Waals surface area contributed by atoms with Gasteiger partial charge in [0.25, 0.3) is 11.5 Å². The van der Waals surface area contributed by atoms with Crippen LogP contribution in [0.1, 0.15) is 27.0 Å². The van der Waals surface area contributed by atoms with Crippen LogP contribution in [0.15, 0.2) is 81.9 Å². The van der Waals surface area contributed by atoms with Crippen molar-refractivity contribution in [2.75, 3.05) is 6.54 Å². The zero-order valence-electron chi connectivity index (χ0n) is 18.0. The average Bonchev–Trinajstić information content (AvgIpc) is 3.23. The molecule has 1 amide bonds. The number of fused-ring (bicyclic) bond motifs is 1. The summed E-state index contributed by atoms with van der Waals surface area (Å²) in [6, 6.07) is 11.1. The third kappa shape index (κ3) is 4.47. The summed E-state index contributed by atoms with van der Waals surface area (Å²) in [6.07, 6.45) is 0.476.